The average molecular weight is 235 g/mol. The second-order valence-electron chi connectivity index (χ2n) is 4.32. The summed E-state index contributed by atoms with van der Waals surface area (Å²) in [6.07, 6.45) is 0.278. The van der Waals surface area contributed by atoms with Crippen LogP contribution in [0.25, 0.3) is 0 Å². The lowest BCUT2D eigenvalue weighted by molar-refractivity contribution is -0.141. The minimum absolute atomic E-state index is 0.278. The normalized spacial score (nSPS) is 28.4. The van der Waals surface area contributed by atoms with E-state index in [1.54, 1.807) is 30.3 Å². The standard InChI is InChI=1S/C12H13NO4/c13-9(11(16)17)12(6-8(12)10(14)15)7-4-2-1-3-5-7/h1-5,8-9H,6,13H2,(H,14,15)(H,16,17). The van der Waals surface area contributed by atoms with E-state index in [9.17, 15) is 9.59 Å². The second kappa shape index (κ2) is 3.85. The van der Waals surface area contributed by atoms with Crippen LogP contribution in [-0.4, -0.2) is 28.2 Å². The van der Waals surface area contributed by atoms with Crippen molar-refractivity contribution < 1.29 is 19.8 Å². The van der Waals surface area contributed by atoms with Crippen molar-refractivity contribution in [2.75, 3.05) is 0 Å². The summed E-state index contributed by atoms with van der Waals surface area (Å²) in [6.45, 7) is 0. The summed E-state index contributed by atoms with van der Waals surface area (Å²) in [5.41, 5.74) is 5.38. The van der Waals surface area contributed by atoms with Gasteiger partial charge in [-0.25, -0.2) is 0 Å². The van der Waals surface area contributed by atoms with E-state index >= 15 is 0 Å². The van der Waals surface area contributed by atoms with Crippen LogP contribution in [0.5, 0.6) is 0 Å². The first kappa shape index (κ1) is 11.6. The number of rotatable bonds is 4. The molecule has 5 heteroatoms. The Kier molecular flexibility index (Phi) is 2.63. The summed E-state index contributed by atoms with van der Waals surface area (Å²) < 4.78 is 0. The highest BCUT2D eigenvalue weighted by atomic mass is 16.4. The van der Waals surface area contributed by atoms with Crippen LogP contribution >= 0.6 is 0 Å². The molecule has 0 aliphatic heterocycles. The number of carboxylic acid groups (broad SMARTS) is 2. The van der Waals surface area contributed by atoms with E-state index < -0.39 is 29.3 Å². The van der Waals surface area contributed by atoms with Gasteiger partial charge < -0.3 is 15.9 Å². The number of benzene rings is 1. The monoisotopic (exact) mass is 235 g/mol. The Labute approximate surface area is 97.9 Å². The van der Waals surface area contributed by atoms with Crippen LogP contribution in [0.1, 0.15) is 12.0 Å². The van der Waals surface area contributed by atoms with Gasteiger partial charge in [0.15, 0.2) is 0 Å². The zero-order valence-electron chi connectivity index (χ0n) is 9.04. The van der Waals surface area contributed by atoms with Crippen molar-refractivity contribution >= 4 is 11.9 Å². The number of aliphatic carboxylic acids is 2. The molecule has 1 aliphatic rings. The third-order valence-corrected chi connectivity index (χ3v) is 3.43. The smallest absolute Gasteiger partial charge is 0.321 e. The zero-order valence-corrected chi connectivity index (χ0v) is 9.04. The van der Waals surface area contributed by atoms with Crippen LogP contribution in [0.3, 0.4) is 0 Å². The van der Waals surface area contributed by atoms with Gasteiger partial charge >= 0.3 is 11.9 Å². The molecular formula is C12H13NO4. The van der Waals surface area contributed by atoms with Gasteiger partial charge in [-0.05, 0) is 12.0 Å². The first-order chi connectivity index (χ1) is 8.00. The van der Waals surface area contributed by atoms with Crippen LogP contribution in [0.15, 0.2) is 30.3 Å². The predicted octanol–water partition coefficient (Wildman–Crippen LogP) is 0.441. The molecule has 4 N–H and O–H groups in total. The Bertz CT molecular complexity index is 459. The molecule has 1 aliphatic carbocycles. The van der Waals surface area contributed by atoms with E-state index in [1.165, 1.54) is 0 Å². The van der Waals surface area contributed by atoms with Gasteiger partial charge in [0.1, 0.15) is 6.04 Å². The van der Waals surface area contributed by atoms with Crippen LogP contribution in [0.4, 0.5) is 0 Å². The third-order valence-electron chi connectivity index (χ3n) is 3.43. The Morgan fingerprint density at radius 3 is 2.29 bits per heavy atom. The number of nitrogens with two attached hydrogens (primary N) is 1. The third kappa shape index (κ3) is 1.68. The lowest BCUT2D eigenvalue weighted by atomic mass is 9.86. The second-order valence-corrected chi connectivity index (χ2v) is 4.32. The lowest BCUT2D eigenvalue weighted by Crippen LogP contribution is -2.44. The van der Waals surface area contributed by atoms with Gasteiger partial charge in [-0.15, -0.1) is 0 Å². The molecule has 0 aromatic heterocycles. The van der Waals surface area contributed by atoms with E-state index in [1.807, 2.05) is 0 Å². The Morgan fingerprint density at radius 1 is 1.29 bits per heavy atom. The fourth-order valence-electron chi connectivity index (χ4n) is 2.40. The fraction of sp³-hybridized carbons (Fsp3) is 0.333. The first-order valence-corrected chi connectivity index (χ1v) is 5.27. The number of hydrogen-bond donors (Lipinski definition) is 3. The fourth-order valence-corrected chi connectivity index (χ4v) is 2.40. The van der Waals surface area contributed by atoms with E-state index in [-0.39, 0.29) is 6.42 Å². The van der Waals surface area contributed by atoms with E-state index in [2.05, 4.69) is 0 Å². The molecule has 3 atom stereocenters. The molecule has 0 heterocycles. The molecule has 0 radical (unpaired) electrons. The van der Waals surface area contributed by atoms with Gasteiger partial charge in [0.2, 0.25) is 0 Å². The zero-order chi connectivity index (χ0) is 12.6. The molecule has 0 saturated heterocycles. The number of hydrogen-bond acceptors (Lipinski definition) is 3. The van der Waals surface area contributed by atoms with E-state index in [4.69, 9.17) is 15.9 Å². The first-order valence-electron chi connectivity index (χ1n) is 5.27. The summed E-state index contributed by atoms with van der Waals surface area (Å²) in [6, 6.07) is 7.57. The maximum absolute atomic E-state index is 11.0. The molecule has 0 bridgehead atoms. The van der Waals surface area contributed by atoms with Gasteiger partial charge in [0, 0.05) is 5.41 Å². The number of carbonyl (C=O) groups is 2. The molecule has 1 aromatic carbocycles. The van der Waals surface area contributed by atoms with Gasteiger partial charge in [-0.2, -0.15) is 0 Å². The molecule has 3 unspecified atom stereocenters. The van der Waals surface area contributed by atoms with Gasteiger partial charge in [-0.1, -0.05) is 30.3 Å². The average Bonchev–Trinajstić information content (AvgIpc) is 3.06. The number of carboxylic acids is 2. The van der Waals surface area contributed by atoms with Gasteiger partial charge in [-0.3, -0.25) is 9.59 Å². The van der Waals surface area contributed by atoms with E-state index in [0.29, 0.717) is 5.56 Å². The van der Waals surface area contributed by atoms with Crippen molar-refractivity contribution in [3.05, 3.63) is 35.9 Å². The molecule has 1 fully saturated rings. The quantitative estimate of drug-likeness (QED) is 0.703. The molecule has 1 aromatic rings. The Balaban J connectivity index is 2.41. The van der Waals surface area contributed by atoms with Crippen molar-refractivity contribution in [2.45, 2.75) is 17.9 Å². The van der Waals surface area contributed by atoms with Crippen LogP contribution in [-0.2, 0) is 15.0 Å². The molecule has 0 spiro atoms. The summed E-state index contributed by atoms with van der Waals surface area (Å²) in [7, 11) is 0. The Hall–Kier alpha value is -1.88. The van der Waals surface area contributed by atoms with Crippen molar-refractivity contribution in [1.29, 1.82) is 0 Å². The SMILES string of the molecule is NC(C(=O)O)C1(c2ccccc2)CC1C(=O)O. The highest BCUT2D eigenvalue weighted by Crippen LogP contribution is 2.56. The van der Waals surface area contributed by atoms with Crippen LogP contribution in [0, 0.1) is 5.92 Å². The molecule has 2 rings (SSSR count). The summed E-state index contributed by atoms with van der Waals surface area (Å²) >= 11 is 0. The van der Waals surface area contributed by atoms with Gasteiger partial charge in [0.05, 0.1) is 5.92 Å². The highest BCUT2D eigenvalue weighted by Gasteiger charge is 2.64. The molecule has 0 amide bonds. The summed E-state index contributed by atoms with van der Waals surface area (Å²) in [5.74, 6) is -2.88. The van der Waals surface area contributed by atoms with Crippen LogP contribution < -0.4 is 5.73 Å². The van der Waals surface area contributed by atoms with Crippen molar-refractivity contribution in [1.82, 2.24) is 0 Å². The maximum atomic E-state index is 11.0. The lowest BCUT2D eigenvalue weighted by Gasteiger charge is -2.21. The predicted molar refractivity (Wildman–Crippen MR) is 59.5 cm³/mol. The molecule has 17 heavy (non-hydrogen) atoms. The van der Waals surface area contributed by atoms with Crippen LogP contribution in [0.2, 0.25) is 0 Å². The summed E-state index contributed by atoms with van der Waals surface area (Å²) in [4.78, 5) is 22.0. The minimum atomic E-state index is -1.19. The summed E-state index contributed by atoms with van der Waals surface area (Å²) in [5, 5.41) is 18.0. The highest BCUT2D eigenvalue weighted by molar-refractivity contribution is 5.84. The Morgan fingerprint density at radius 2 is 1.88 bits per heavy atom. The largest absolute Gasteiger partial charge is 0.481 e. The molecular weight excluding hydrogens is 222 g/mol. The molecule has 5 nitrogen and oxygen atoms in total. The van der Waals surface area contributed by atoms with Crippen molar-refractivity contribution in [3.63, 3.8) is 0 Å². The molecule has 90 valence electrons. The van der Waals surface area contributed by atoms with Crippen molar-refractivity contribution in [2.24, 2.45) is 11.7 Å². The maximum Gasteiger partial charge on any atom is 0.321 e. The van der Waals surface area contributed by atoms with E-state index in [0.717, 1.165) is 0 Å². The topological polar surface area (TPSA) is 101 Å². The van der Waals surface area contributed by atoms with Crippen molar-refractivity contribution in [3.8, 4) is 0 Å². The minimum Gasteiger partial charge on any atom is -0.481 e. The van der Waals surface area contributed by atoms with Gasteiger partial charge in [0.25, 0.3) is 0 Å². The molecule has 1 saturated carbocycles.